The lowest BCUT2D eigenvalue weighted by atomic mass is 9.89. The molecular weight excluding hydrogens is 699 g/mol. The Morgan fingerprint density at radius 2 is 1.62 bits per heavy atom. The summed E-state index contributed by atoms with van der Waals surface area (Å²) in [7, 11) is 0. The zero-order chi connectivity index (χ0) is 38.3. The lowest BCUT2D eigenvalue weighted by molar-refractivity contribution is -0.276. The lowest BCUT2D eigenvalue weighted by Crippen LogP contribution is -2.47. The number of nitrogens with zero attached hydrogens (tertiary/aromatic N) is 2. The van der Waals surface area contributed by atoms with Gasteiger partial charge in [-0.05, 0) is 65.8 Å². The van der Waals surface area contributed by atoms with Crippen LogP contribution in [0, 0.1) is 5.92 Å². The molecule has 12 heteroatoms. The maximum absolute atomic E-state index is 12.9. The Kier molecular flexibility index (Phi) is 12.1. The van der Waals surface area contributed by atoms with Gasteiger partial charge in [0.2, 0.25) is 0 Å². The van der Waals surface area contributed by atoms with E-state index in [1.165, 1.54) is 0 Å². The van der Waals surface area contributed by atoms with E-state index in [-0.39, 0.29) is 49.6 Å². The molecule has 0 radical (unpaired) electrons. The van der Waals surface area contributed by atoms with Crippen LogP contribution in [-0.2, 0) is 32.2 Å². The molecule has 4 aromatic carbocycles. The highest BCUT2D eigenvalue weighted by Gasteiger charge is 2.39. The van der Waals surface area contributed by atoms with Crippen molar-refractivity contribution in [2.24, 2.45) is 5.92 Å². The van der Waals surface area contributed by atoms with Crippen molar-refractivity contribution in [2.75, 3.05) is 32.8 Å². The highest BCUT2D eigenvalue weighted by molar-refractivity contribution is 5.80. The maximum Gasteiger partial charge on any atom is 0.326 e. The lowest BCUT2D eigenvalue weighted by Gasteiger charge is -2.44. The van der Waals surface area contributed by atoms with Crippen LogP contribution < -0.4 is 16.3 Å². The van der Waals surface area contributed by atoms with E-state index in [1.807, 2.05) is 89.5 Å². The molecule has 12 nitrogen and oxygen atoms in total. The molecule has 2 saturated heterocycles. The van der Waals surface area contributed by atoms with Gasteiger partial charge >= 0.3 is 17.7 Å². The normalized spacial score (nSPS) is 20.6. The molecule has 5 aromatic rings. The molecule has 0 spiro atoms. The Morgan fingerprint density at radius 1 is 0.873 bits per heavy atom. The number of urea groups is 1. The standard InChI is InChI=1S/C43H49N5O7/c1-3-53-39(50)25-45-42(51)44-24-30-7-6-8-34(23-30)31-15-17-33(18-16-31)41-54-38(28(2)40(55-41)32-13-11-29(27-49)12-14-32)26-47-21-19-35(20-22-47)48-37-10-5-4-9-36(37)46-43(48)52/h4-18,23,28,35,38,40-41,49H,3,19-22,24-27H2,1-2H3,(H,46,52)(H2,44,45,51)/t28-,38+,40+,41+/m0/s1. The molecule has 2 aliphatic heterocycles. The number of imidazole rings is 1. The Bertz CT molecular complexity index is 2120. The van der Waals surface area contributed by atoms with Gasteiger partial charge in [-0.2, -0.15) is 0 Å². The van der Waals surface area contributed by atoms with Gasteiger partial charge in [0.05, 0.1) is 36.5 Å². The summed E-state index contributed by atoms with van der Waals surface area (Å²) >= 11 is 0. The number of rotatable bonds is 12. The van der Waals surface area contributed by atoms with Gasteiger partial charge in [0.1, 0.15) is 6.54 Å². The minimum absolute atomic E-state index is 0.0193. The minimum Gasteiger partial charge on any atom is -0.465 e. The van der Waals surface area contributed by atoms with Gasteiger partial charge < -0.3 is 39.8 Å². The molecule has 0 unspecified atom stereocenters. The zero-order valence-corrected chi connectivity index (χ0v) is 31.3. The van der Waals surface area contributed by atoms with Crippen molar-refractivity contribution in [2.45, 2.75) is 64.4 Å². The van der Waals surface area contributed by atoms with Gasteiger partial charge in [-0.1, -0.05) is 85.8 Å². The van der Waals surface area contributed by atoms with E-state index in [1.54, 1.807) is 6.92 Å². The Balaban J connectivity index is 1.03. The van der Waals surface area contributed by atoms with Crippen molar-refractivity contribution >= 4 is 23.0 Å². The first-order chi connectivity index (χ1) is 26.8. The van der Waals surface area contributed by atoms with Gasteiger partial charge in [0, 0.05) is 43.7 Å². The number of aliphatic hydroxyl groups excluding tert-OH is 1. The van der Waals surface area contributed by atoms with Crippen LogP contribution in [-0.4, -0.2) is 70.4 Å². The highest BCUT2D eigenvalue weighted by Crippen LogP contribution is 2.42. The molecule has 288 valence electrons. The number of amides is 2. The topological polar surface area (TPSA) is 147 Å². The van der Waals surface area contributed by atoms with E-state index in [0.29, 0.717) is 6.54 Å². The van der Waals surface area contributed by atoms with Crippen LogP contribution in [0.15, 0.2) is 102 Å². The predicted molar refractivity (Wildman–Crippen MR) is 209 cm³/mol. The first-order valence-electron chi connectivity index (χ1n) is 19.1. The minimum atomic E-state index is -0.594. The molecule has 7 rings (SSSR count). The summed E-state index contributed by atoms with van der Waals surface area (Å²) in [5.74, 6) is -0.435. The molecule has 2 aliphatic rings. The summed E-state index contributed by atoms with van der Waals surface area (Å²) in [6, 6.07) is 31.6. The van der Waals surface area contributed by atoms with E-state index < -0.39 is 18.3 Å². The van der Waals surface area contributed by atoms with Crippen LogP contribution in [0.2, 0.25) is 0 Å². The quantitative estimate of drug-likeness (QED) is 0.114. The fourth-order valence-corrected chi connectivity index (χ4v) is 7.68. The van der Waals surface area contributed by atoms with Crippen molar-refractivity contribution in [1.82, 2.24) is 25.1 Å². The number of piperidine rings is 1. The number of aliphatic hydroxyl groups is 1. The third-order valence-corrected chi connectivity index (χ3v) is 10.7. The summed E-state index contributed by atoms with van der Waals surface area (Å²) in [6.45, 7) is 6.69. The van der Waals surface area contributed by atoms with Crippen LogP contribution in [0.4, 0.5) is 4.79 Å². The summed E-state index contributed by atoms with van der Waals surface area (Å²) in [5, 5.41) is 15.0. The van der Waals surface area contributed by atoms with Crippen molar-refractivity contribution in [1.29, 1.82) is 0 Å². The number of para-hydroxylation sites is 2. The second-order valence-electron chi connectivity index (χ2n) is 14.3. The second-order valence-corrected chi connectivity index (χ2v) is 14.3. The molecule has 2 amide bonds. The summed E-state index contributed by atoms with van der Waals surface area (Å²) in [5.41, 5.74) is 7.48. The van der Waals surface area contributed by atoms with Crippen molar-refractivity contribution in [3.63, 3.8) is 0 Å². The summed E-state index contributed by atoms with van der Waals surface area (Å²) in [6.07, 6.45) is 0.805. The van der Waals surface area contributed by atoms with Crippen LogP contribution >= 0.6 is 0 Å². The van der Waals surface area contributed by atoms with E-state index in [9.17, 15) is 19.5 Å². The first-order valence-corrected chi connectivity index (χ1v) is 19.1. The largest absolute Gasteiger partial charge is 0.465 e. The average Bonchev–Trinajstić information content (AvgIpc) is 3.56. The first kappa shape index (κ1) is 38.0. The number of carbonyl (C=O) groups is 2. The van der Waals surface area contributed by atoms with Crippen LogP contribution in [0.25, 0.3) is 22.2 Å². The number of ether oxygens (including phenoxy) is 3. The molecule has 0 aliphatic carbocycles. The molecule has 4 atom stereocenters. The number of aromatic amines is 1. The van der Waals surface area contributed by atoms with Gasteiger partial charge in [-0.25, -0.2) is 9.59 Å². The molecule has 0 bridgehead atoms. The fraction of sp³-hybridized carbons (Fsp3) is 0.372. The Labute approximate surface area is 320 Å². The second kappa shape index (κ2) is 17.5. The smallest absolute Gasteiger partial charge is 0.326 e. The van der Waals surface area contributed by atoms with Crippen LogP contribution in [0.1, 0.15) is 67.4 Å². The van der Waals surface area contributed by atoms with Gasteiger partial charge in [-0.15, -0.1) is 0 Å². The number of benzene rings is 4. The van der Waals surface area contributed by atoms with Crippen molar-refractivity contribution < 1.29 is 28.9 Å². The number of hydrogen-bond donors (Lipinski definition) is 4. The predicted octanol–water partition coefficient (Wildman–Crippen LogP) is 5.98. The number of aromatic nitrogens is 2. The van der Waals surface area contributed by atoms with Crippen molar-refractivity contribution in [3.05, 3.63) is 130 Å². The Hall–Kier alpha value is -5.27. The SMILES string of the molecule is CCOC(=O)CNC(=O)NCc1cccc(-c2ccc([C@@H]3O[C@H](CN4CCC(n5c(=O)[nH]c6ccccc65)CC4)[C@H](C)[C@H](c4ccc(CO)cc4)O3)cc2)c1. The number of likely N-dealkylation sites (tertiary alicyclic amines) is 1. The monoisotopic (exact) mass is 747 g/mol. The van der Waals surface area contributed by atoms with Crippen molar-refractivity contribution in [3.8, 4) is 11.1 Å². The molecule has 1 aromatic heterocycles. The highest BCUT2D eigenvalue weighted by atomic mass is 16.7. The van der Waals surface area contributed by atoms with Gasteiger partial charge in [0.25, 0.3) is 0 Å². The summed E-state index contributed by atoms with van der Waals surface area (Å²) < 4.78 is 20.3. The third kappa shape index (κ3) is 9.00. The molecule has 4 N–H and O–H groups in total. The van der Waals surface area contributed by atoms with Crippen LogP contribution in [0.5, 0.6) is 0 Å². The van der Waals surface area contributed by atoms with E-state index >= 15 is 0 Å². The molecule has 2 fully saturated rings. The van der Waals surface area contributed by atoms with Gasteiger partial charge in [-0.3, -0.25) is 9.36 Å². The fourth-order valence-electron chi connectivity index (χ4n) is 7.68. The zero-order valence-electron chi connectivity index (χ0n) is 31.3. The average molecular weight is 748 g/mol. The third-order valence-electron chi connectivity index (χ3n) is 10.7. The number of carbonyl (C=O) groups excluding carboxylic acids is 2. The number of hydrogen-bond acceptors (Lipinski definition) is 8. The van der Waals surface area contributed by atoms with Crippen LogP contribution in [0.3, 0.4) is 0 Å². The van der Waals surface area contributed by atoms with E-state index in [0.717, 1.165) is 76.9 Å². The maximum atomic E-state index is 12.9. The molecule has 0 saturated carbocycles. The molecule has 55 heavy (non-hydrogen) atoms. The summed E-state index contributed by atoms with van der Waals surface area (Å²) in [4.78, 5) is 42.1. The van der Waals surface area contributed by atoms with E-state index in [2.05, 4.69) is 39.6 Å². The number of esters is 1. The molecule has 3 heterocycles. The van der Waals surface area contributed by atoms with Gasteiger partial charge in [0.15, 0.2) is 6.29 Å². The Morgan fingerprint density at radius 3 is 2.36 bits per heavy atom. The number of H-pyrrole nitrogens is 1. The number of fused-ring (bicyclic) bond motifs is 1. The molecular formula is C43H49N5O7. The van der Waals surface area contributed by atoms with E-state index in [4.69, 9.17) is 14.2 Å². The number of nitrogens with one attached hydrogen (secondary N) is 3.